The van der Waals surface area contributed by atoms with Crippen molar-refractivity contribution in [1.29, 1.82) is 0 Å². The van der Waals surface area contributed by atoms with Gasteiger partial charge < -0.3 is 9.47 Å². The minimum atomic E-state index is 0.382. The molecule has 0 unspecified atom stereocenters. The van der Waals surface area contributed by atoms with Crippen LogP contribution >= 0.6 is 71.0 Å². The molecular formula is C12H3Br3Cl2O2. The van der Waals surface area contributed by atoms with Gasteiger partial charge in [0, 0.05) is 27.1 Å². The third-order valence-corrected chi connectivity index (χ3v) is 6.29. The third-order valence-electron chi connectivity index (χ3n) is 2.50. The molecule has 1 heterocycles. The molecule has 0 spiro atoms. The summed E-state index contributed by atoms with van der Waals surface area (Å²) in [7, 11) is 0. The van der Waals surface area contributed by atoms with Crippen molar-refractivity contribution in [2.75, 3.05) is 0 Å². The van der Waals surface area contributed by atoms with Crippen molar-refractivity contribution >= 4 is 71.0 Å². The molecule has 98 valence electrons. The van der Waals surface area contributed by atoms with Gasteiger partial charge in [-0.15, -0.1) is 0 Å². The zero-order valence-corrected chi connectivity index (χ0v) is 15.2. The Labute approximate surface area is 144 Å². The average Bonchev–Trinajstić information content (AvgIpc) is 2.37. The Morgan fingerprint density at radius 1 is 0.789 bits per heavy atom. The average molecular weight is 490 g/mol. The normalized spacial score (nSPS) is 12.3. The van der Waals surface area contributed by atoms with Crippen molar-refractivity contribution < 1.29 is 9.47 Å². The van der Waals surface area contributed by atoms with E-state index in [1.165, 1.54) is 0 Å². The van der Waals surface area contributed by atoms with Gasteiger partial charge in [-0.05, 0) is 47.8 Å². The summed E-state index contributed by atoms with van der Waals surface area (Å²) >= 11 is 22.4. The van der Waals surface area contributed by atoms with Crippen molar-refractivity contribution in [3.8, 4) is 23.0 Å². The maximum Gasteiger partial charge on any atom is 0.189 e. The minimum absolute atomic E-state index is 0.382. The Kier molecular flexibility index (Phi) is 3.77. The van der Waals surface area contributed by atoms with E-state index >= 15 is 0 Å². The van der Waals surface area contributed by atoms with E-state index in [0.29, 0.717) is 37.5 Å². The van der Waals surface area contributed by atoms with Crippen LogP contribution < -0.4 is 9.47 Å². The standard InChI is InChI=1S/C12H3Br3Cl2O2/c13-4-1-7-8(2-5(4)14)19-12-9(18-7)3-6(16)10(15)11(12)17/h1-3H. The molecule has 0 amide bonds. The minimum Gasteiger partial charge on any atom is -0.449 e. The summed E-state index contributed by atoms with van der Waals surface area (Å²) < 4.78 is 13.9. The maximum absolute atomic E-state index is 6.20. The molecule has 0 N–H and O–H groups in total. The highest BCUT2D eigenvalue weighted by Gasteiger charge is 2.25. The maximum atomic E-state index is 6.20. The van der Waals surface area contributed by atoms with Gasteiger partial charge in [0.1, 0.15) is 5.02 Å². The van der Waals surface area contributed by atoms with Gasteiger partial charge in [-0.2, -0.15) is 0 Å². The van der Waals surface area contributed by atoms with Crippen molar-refractivity contribution in [3.05, 3.63) is 41.7 Å². The Morgan fingerprint density at radius 2 is 1.37 bits per heavy atom. The first-order chi connectivity index (χ1) is 8.97. The van der Waals surface area contributed by atoms with Gasteiger partial charge >= 0.3 is 0 Å². The molecule has 0 bridgehead atoms. The molecule has 2 aromatic rings. The van der Waals surface area contributed by atoms with Crippen LogP contribution in [0.1, 0.15) is 0 Å². The molecule has 0 saturated carbocycles. The van der Waals surface area contributed by atoms with Crippen LogP contribution in [0.2, 0.25) is 10.0 Å². The van der Waals surface area contributed by atoms with E-state index in [1.807, 2.05) is 6.07 Å². The fraction of sp³-hybridized carbons (Fsp3) is 0. The summed E-state index contributed by atoms with van der Waals surface area (Å²) in [5.74, 6) is 2.11. The number of hydrogen-bond acceptors (Lipinski definition) is 2. The predicted molar refractivity (Wildman–Crippen MR) is 86.2 cm³/mol. The first kappa shape index (κ1) is 14.0. The topological polar surface area (TPSA) is 18.5 Å². The second-order valence-electron chi connectivity index (χ2n) is 3.73. The molecule has 2 aromatic carbocycles. The number of rotatable bonds is 0. The van der Waals surface area contributed by atoms with Crippen LogP contribution in [0, 0.1) is 0 Å². The van der Waals surface area contributed by atoms with Gasteiger partial charge in [0.2, 0.25) is 0 Å². The largest absolute Gasteiger partial charge is 0.449 e. The van der Waals surface area contributed by atoms with E-state index in [1.54, 1.807) is 12.1 Å². The van der Waals surface area contributed by atoms with Crippen LogP contribution in [-0.2, 0) is 0 Å². The molecule has 0 radical (unpaired) electrons. The molecule has 1 aliphatic heterocycles. The zero-order chi connectivity index (χ0) is 13.7. The number of halogens is 5. The summed E-state index contributed by atoms with van der Waals surface area (Å²) in [5.41, 5.74) is 0. The molecular weight excluding hydrogens is 487 g/mol. The van der Waals surface area contributed by atoms with Gasteiger partial charge in [-0.1, -0.05) is 23.2 Å². The summed E-state index contributed by atoms with van der Waals surface area (Å²) in [4.78, 5) is 0. The van der Waals surface area contributed by atoms with E-state index in [9.17, 15) is 0 Å². The lowest BCUT2D eigenvalue weighted by molar-refractivity contribution is 0.359. The van der Waals surface area contributed by atoms with Gasteiger partial charge in [0.15, 0.2) is 23.0 Å². The van der Waals surface area contributed by atoms with E-state index in [2.05, 4.69) is 47.8 Å². The van der Waals surface area contributed by atoms with E-state index in [4.69, 9.17) is 32.7 Å². The summed E-state index contributed by atoms with van der Waals surface area (Å²) in [6.07, 6.45) is 0. The number of hydrogen-bond donors (Lipinski definition) is 0. The molecule has 0 fully saturated rings. The molecule has 0 atom stereocenters. The quantitative estimate of drug-likeness (QED) is 0.311. The highest BCUT2D eigenvalue weighted by atomic mass is 79.9. The number of benzene rings is 2. The van der Waals surface area contributed by atoms with Crippen molar-refractivity contribution in [2.24, 2.45) is 0 Å². The molecule has 0 aromatic heterocycles. The molecule has 0 aliphatic carbocycles. The second-order valence-corrected chi connectivity index (χ2v) is 7.02. The van der Waals surface area contributed by atoms with Crippen molar-refractivity contribution in [2.45, 2.75) is 0 Å². The van der Waals surface area contributed by atoms with Crippen LogP contribution in [0.25, 0.3) is 0 Å². The fourth-order valence-corrected chi connectivity index (χ4v) is 3.04. The van der Waals surface area contributed by atoms with Gasteiger partial charge in [-0.25, -0.2) is 0 Å². The molecule has 2 nitrogen and oxygen atoms in total. The SMILES string of the molecule is Clc1cc2c(c(Cl)c1Br)Oc1cc(Br)c(Br)cc1O2. The van der Waals surface area contributed by atoms with E-state index < -0.39 is 0 Å². The molecule has 3 rings (SSSR count). The lowest BCUT2D eigenvalue weighted by Gasteiger charge is -2.22. The molecule has 7 heteroatoms. The van der Waals surface area contributed by atoms with E-state index in [0.717, 1.165) is 8.95 Å². The fourth-order valence-electron chi connectivity index (χ4n) is 1.63. The summed E-state index contributed by atoms with van der Waals surface area (Å²) in [5, 5.41) is 0.846. The van der Waals surface area contributed by atoms with Gasteiger partial charge in [-0.3, -0.25) is 0 Å². The van der Waals surface area contributed by atoms with Crippen LogP contribution in [-0.4, -0.2) is 0 Å². The zero-order valence-electron chi connectivity index (χ0n) is 8.94. The third kappa shape index (κ3) is 2.40. The number of fused-ring (bicyclic) bond motifs is 2. The second kappa shape index (κ2) is 5.11. The Hall–Kier alpha value is 0.0600. The molecule has 0 saturated heterocycles. The lowest BCUT2D eigenvalue weighted by Crippen LogP contribution is -2.00. The highest BCUT2D eigenvalue weighted by molar-refractivity contribution is 9.13. The van der Waals surface area contributed by atoms with Gasteiger partial charge in [0.25, 0.3) is 0 Å². The molecule has 1 aliphatic rings. The van der Waals surface area contributed by atoms with E-state index in [-0.39, 0.29) is 0 Å². The van der Waals surface area contributed by atoms with Crippen molar-refractivity contribution in [1.82, 2.24) is 0 Å². The van der Waals surface area contributed by atoms with Crippen LogP contribution in [0.3, 0.4) is 0 Å². The summed E-state index contributed by atoms with van der Waals surface area (Å²) in [6, 6.07) is 5.28. The van der Waals surface area contributed by atoms with Crippen LogP contribution in [0.4, 0.5) is 0 Å². The highest BCUT2D eigenvalue weighted by Crippen LogP contribution is 2.53. The number of ether oxygens (including phenoxy) is 2. The Balaban J connectivity index is 2.17. The van der Waals surface area contributed by atoms with Crippen molar-refractivity contribution in [3.63, 3.8) is 0 Å². The lowest BCUT2D eigenvalue weighted by atomic mass is 10.2. The predicted octanol–water partition coefficient (Wildman–Crippen LogP) is 7.18. The summed E-state index contributed by atoms with van der Waals surface area (Å²) in [6.45, 7) is 0. The smallest absolute Gasteiger partial charge is 0.189 e. The van der Waals surface area contributed by atoms with Crippen LogP contribution in [0.15, 0.2) is 31.6 Å². The Morgan fingerprint density at radius 3 is 2.00 bits per heavy atom. The van der Waals surface area contributed by atoms with Gasteiger partial charge in [0.05, 0.1) is 9.50 Å². The monoisotopic (exact) mass is 486 g/mol. The molecule has 19 heavy (non-hydrogen) atoms. The van der Waals surface area contributed by atoms with Crippen LogP contribution in [0.5, 0.6) is 23.0 Å². The first-order valence-corrected chi connectivity index (χ1v) is 8.13. The Bertz CT molecular complexity index is 704. The first-order valence-electron chi connectivity index (χ1n) is 4.99.